The number of ether oxygens (including phenoxy) is 3. The summed E-state index contributed by atoms with van der Waals surface area (Å²) < 4.78 is 29.4. The topological polar surface area (TPSA) is 67.8 Å². The molecule has 0 aliphatic heterocycles. The second-order valence-electron chi connectivity index (χ2n) is 7.39. The Balaban J connectivity index is 2.05. The second kappa shape index (κ2) is 10.5. The molecule has 0 fully saturated rings. The highest BCUT2D eigenvalue weighted by atomic mass is 32.2. The van der Waals surface area contributed by atoms with Crippen LogP contribution in [0.2, 0.25) is 0 Å². The fraction of sp³-hybridized carbons (Fsp3) is 0.409. The van der Waals surface area contributed by atoms with Crippen LogP contribution in [0.1, 0.15) is 32.8 Å². The zero-order valence-electron chi connectivity index (χ0n) is 16.8. The second-order valence-corrected chi connectivity index (χ2v) is 9.12. The van der Waals surface area contributed by atoms with Crippen LogP contribution in [0.4, 0.5) is 0 Å². The van der Waals surface area contributed by atoms with Crippen molar-refractivity contribution in [1.82, 2.24) is 0 Å². The van der Waals surface area contributed by atoms with Gasteiger partial charge in [0.25, 0.3) is 0 Å². The summed E-state index contributed by atoms with van der Waals surface area (Å²) >= 11 is -1.42. The van der Waals surface area contributed by atoms with Crippen LogP contribution in [-0.4, -0.2) is 35.1 Å². The molecule has 0 aromatic heterocycles. The predicted octanol–water partition coefficient (Wildman–Crippen LogP) is 4.12. The molecule has 0 N–H and O–H groups in total. The molecule has 2 atom stereocenters. The maximum atomic E-state index is 13.1. The lowest BCUT2D eigenvalue weighted by molar-refractivity contribution is -0.155. The van der Waals surface area contributed by atoms with Crippen LogP contribution >= 0.6 is 0 Å². The zero-order valence-corrected chi connectivity index (χ0v) is 17.7. The van der Waals surface area contributed by atoms with Gasteiger partial charge in [-0.1, -0.05) is 30.3 Å². The van der Waals surface area contributed by atoms with Crippen molar-refractivity contribution in [2.75, 3.05) is 13.7 Å². The average molecular weight is 405 g/mol. The van der Waals surface area contributed by atoms with Crippen molar-refractivity contribution in [3.8, 4) is 5.75 Å². The number of carbonyl (C=O) groups is 1. The summed E-state index contributed by atoms with van der Waals surface area (Å²) in [6, 6.07) is 16.7. The van der Waals surface area contributed by atoms with Gasteiger partial charge >= 0.3 is 5.97 Å². The van der Waals surface area contributed by atoms with Crippen molar-refractivity contribution < 1.29 is 23.6 Å². The normalized spacial score (nSPS) is 13.6. The largest absolute Gasteiger partial charge is 0.611 e. The molecule has 0 saturated carbocycles. The van der Waals surface area contributed by atoms with Gasteiger partial charge in [0.15, 0.2) is 10.1 Å². The molecule has 152 valence electrons. The van der Waals surface area contributed by atoms with Crippen LogP contribution in [-0.2, 0) is 32.1 Å². The van der Waals surface area contributed by atoms with Crippen molar-refractivity contribution in [3.63, 3.8) is 0 Å². The lowest BCUT2D eigenvalue weighted by Gasteiger charge is -2.24. The fourth-order valence-corrected chi connectivity index (χ4v) is 3.85. The van der Waals surface area contributed by atoms with Crippen LogP contribution in [0.3, 0.4) is 0 Å². The number of hydrogen-bond donors (Lipinski definition) is 0. The molecule has 0 heterocycles. The van der Waals surface area contributed by atoms with E-state index in [1.165, 1.54) is 0 Å². The van der Waals surface area contributed by atoms with E-state index in [1.807, 2.05) is 51.1 Å². The van der Waals surface area contributed by atoms with Crippen molar-refractivity contribution in [3.05, 3.63) is 60.2 Å². The molecule has 6 heteroatoms. The van der Waals surface area contributed by atoms with Gasteiger partial charge < -0.3 is 18.8 Å². The molecule has 0 saturated heterocycles. The SMILES string of the molecule is COc1ccc([S+]([O-])C(COCc2ccccc2)CC(=O)OC(C)(C)C)cc1. The summed E-state index contributed by atoms with van der Waals surface area (Å²) in [5, 5.41) is -0.507. The van der Waals surface area contributed by atoms with Crippen molar-refractivity contribution in [2.24, 2.45) is 0 Å². The first-order chi connectivity index (χ1) is 13.3. The van der Waals surface area contributed by atoms with Gasteiger partial charge in [0.1, 0.15) is 11.4 Å². The van der Waals surface area contributed by atoms with E-state index in [9.17, 15) is 9.35 Å². The van der Waals surface area contributed by atoms with E-state index in [-0.39, 0.29) is 19.0 Å². The Morgan fingerprint density at radius 1 is 1.07 bits per heavy atom. The third kappa shape index (κ3) is 7.54. The zero-order chi connectivity index (χ0) is 20.6. The van der Waals surface area contributed by atoms with Crippen LogP contribution in [0.15, 0.2) is 59.5 Å². The Kier molecular flexibility index (Phi) is 8.35. The molecule has 0 radical (unpaired) electrons. The van der Waals surface area contributed by atoms with Gasteiger partial charge in [0.05, 0.1) is 26.7 Å². The van der Waals surface area contributed by atoms with Gasteiger partial charge in [0.2, 0.25) is 0 Å². The van der Waals surface area contributed by atoms with Crippen LogP contribution in [0, 0.1) is 0 Å². The van der Waals surface area contributed by atoms with Crippen molar-refractivity contribution >= 4 is 17.1 Å². The smallest absolute Gasteiger partial charge is 0.311 e. The summed E-state index contributed by atoms with van der Waals surface area (Å²) in [6.07, 6.45) is 0.0186. The maximum absolute atomic E-state index is 13.1. The molecule has 0 spiro atoms. The summed E-state index contributed by atoms with van der Waals surface area (Å²) in [6.45, 7) is 6.02. The minimum absolute atomic E-state index is 0.0186. The minimum Gasteiger partial charge on any atom is -0.611 e. The molecule has 0 amide bonds. The molecule has 28 heavy (non-hydrogen) atoms. The summed E-state index contributed by atoms with van der Waals surface area (Å²) in [5.74, 6) is 0.299. The third-order valence-electron chi connectivity index (χ3n) is 3.82. The lowest BCUT2D eigenvalue weighted by atomic mass is 10.2. The van der Waals surface area contributed by atoms with Gasteiger partial charge in [0, 0.05) is 0 Å². The molecule has 2 aromatic rings. The van der Waals surface area contributed by atoms with E-state index in [1.54, 1.807) is 31.4 Å². The van der Waals surface area contributed by atoms with E-state index in [4.69, 9.17) is 14.2 Å². The van der Waals surface area contributed by atoms with E-state index in [0.29, 0.717) is 17.3 Å². The van der Waals surface area contributed by atoms with Gasteiger partial charge in [-0.3, -0.25) is 4.79 Å². The number of carbonyl (C=O) groups excluding carboxylic acids is 1. The van der Waals surface area contributed by atoms with E-state index in [0.717, 1.165) is 5.56 Å². The Morgan fingerprint density at radius 3 is 2.29 bits per heavy atom. The summed E-state index contributed by atoms with van der Waals surface area (Å²) in [4.78, 5) is 12.9. The number of benzene rings is 2. The van der Waals surface area contributed by atoms with Gasteiger partial charge in [-0.25, -0.2) is 0 Å². The molecule has 0 aliphatic rings. The quantitative estimate of drug-likeness (QED) is 0.465. The average Bonchev–Trinajstić information content (AvgIpc) is 2.66. The molecular weight excluding hydrogens is 376 g/mol. The Labute approximate surface area is 170 Å². The van der Waals surface area contributed by atoms with Gasteiger partial charge in [-0.2, -0.15) is 0 Å². The van der Waals surface area contributed by atoms with Gasteiger partial charge in [-0.05, 0) is 61.8 Å². The van der Waals surface area contributed by atoms with Gasteiger partial charge in [-0.15, -0.1) is 0 Å². The number of methoxy groups -OCH3 is 1. The maximum Gasteiger partial charge on any atom is 0.311 e. The molecule has 0 aliphatic carbocycles. The summed E-state index contributed by atoms with van der Waals surface area (Å²) in [5.41, 5.74) is 0.433. The number of hydrogen-bond acceptors (Lipinski definition) is 5. The first kappa shape index (κ1) is 22.3. The standard InChI is InChI=1S/C22H28O5S/c1-22(2,3)27-21(23)14-20(16-26-15-17-8-6-5-7-9-17)28(24)19-12-10-18(25-4)11-13-19/h5-13,20H,14-16H2,1-4H3. The van der Waals surface area contributed by atoms with Crippen molar-refractivity contribution in [1.29, 1.82) is 0 Å². The molecule has 0 bridgehead atoms. The molecule has 2 rings (SSSR count). The highest BCUT2D eigenvalue weighted by molar-refractivity contribution is 7.92. The minimum atomic E-state index is -1.42. The molecule has 2 aromatic carbocycles. The Morgan fingerprint density at radius 2 is 1.71 bits per heavy atom. The fourth-order valence-electron chi connectivity index (χ4n) is 2.55. The first-order valence-electron chi connectivity index (χ1n) is 9.16. The Hall–Kier alpha value is -2.02. The summed E-state index contributed by atoms with van der Waals surface area (Å²) in [7, 11) is 1.58. The monoisotopic (exact) mass is 404 g/mol. The van der Waals surface area contributed by atoms with Crippen LogP contribution in [0.25, 0.3) is 0 Å². The highest BCUT2D eigenvalue weighted by Crippen LogP contribution is 2.23. The number of rotatable bonds is 9. The first-order valence-corrected chi connectivity index (χ1v) is 10.4. The molecular formula is C22H28O5S. The van der Waals surface area contributed by atoms with E-state index < -0.39 is 22.0 Å². The van der Waals surface area contributed by atoms with E-state index >= 15 is 0 Å². The van der Waals surface area contributed by atoms with Crippen LogP contribution in [0.5, 0.6) is 5.75 Å². The Bertz CT molecular complexity index is 725. The third-order valence-corrected chi connectivity index (χ3v) is 5.47. The molecule has 5 nitrogen and oxygen atoms in total. The van der Waals surface area contributed by atoms with Crippen molar-refractivity contribution in [2.45, 2.75) is 49.5 Å². The van der Waals surface area contributed by atoms with E-state index in [2.05, 4.69) is 0 Å². The number of esters is 1. The molecule has 2 unspecified atom stereocenters. The predicted molar refractivity (Wildman–Crippen MR) is 110 cm³/mol. The lowest BCUT2D eigenvalue weighted by Crippen LogP contribution is -2.33. The highest BCUT2D eigenvalue weighted by Gasteiger charge is 2.30. The van der Waals surface area contributed by atoms with Crippen LogP contribution < -0.4 is 4.74 Å².